The number of benzene rings is 1. The molecule has 1 heterocycles. The van der Waals surface area contributed by atoms with E-state index in [2.05, 4.69) is 5.32 Å². The number of ether oxygens (including phenoxy) is 1. The Balaban J connectivity index is 1.52. The Kier molecular flexibility index (Phi) is 5.85. The maximum absolute atomic E-state index is 13.7. The summed E-state index contributed by atoms with van der Waals surface area (Å²) in [7, 11) is 0. The monoisotopic (exact) mass is 407 g/mol. The van der Waals surface area contributed by atoms with Gasteiger partial charge >= 0.3 is 5.97 Å². The third-order valence-corrected chi connectivity index (χ3v) is 5.02. The van der Waals surface area contributed by atoms with Crippen molar-refractivity contribution in [1.29, 1.82) is 0 Å². The van der Waals surface area contributed by atoms with Crippen LogP contribution < -0.4 is 5.32 Å². The quantitative estimate of drug-likeness (QED) is 0.326. The van der Waals surface area contributed by atoms with Crippen molar-refractivity contribution in [3.63, 3.8) is 0 Å². The minimum absolute atomic E-state index is 0.399. The molecule has 0 spiro atoms. The summed E-state index contributed by atoms with van der Waals surface area (Å²) in [5.41, 5.74) is -0.861. The summed E-state index contributed by atoms with van der Waals surface area (Å²) in [6.45, 7) is -1.40. The minimum atomic E-state index is -0.958. The van der Waals surface area contributed by atoms with E-state index >= 15 is 0 Å². The van der Waals surface area contributed by atoms with Crippen molar-refractivity contribution in [2.75, 3.05) is 18.5 Å². The summed E-state index contributed by atoms with van der Waals surface area (Å²) in [5, 5.41) is 12.8. The maximum Gasteiger partial charge on any atom is 0.326 e. The molecule has 1 aliphatic heterocycles. The Morgan fingerprint density at radius 2 is 1.83 bits per heavy atom. The lowest BCUT2D eigenvalue weighted by Gasteiger charge is -2.19. The van der Waals surface area contributed by atoms with Crippen molar-refractivity contribution in [3.8, 4) is 0 Å². The van der Waals surface area contributed by atoms with E-state index in [1.165, 1.54) is 0 Å². The number of anilines is 1. The van der Waals surface area contributed by atoms with Gasteiger partial charge in [0.2, 0.25) is 11.8 Å². The number of hydrogen-bond acceptors (Lipinski definition) is 7. The Morgan fingerprint density at radius 1 is 1.21 bits per heavy atom. The molecule has 10 nitrogen and oxygen atoms in total. The Hall–Kier alpha value is -3.37. The average molecular weight is 407 g/mol. The van der Waals surface area contributed by atoms with E-state index in [0.717, 1.165) is 35.9 Å². The Bertz CT molecular complexity index is 864. The summed E-state index contributed by atoms with van der Waals surface area (Å²) in [6, 6.07) is 2.59. The molecule has 1 aromatic carbocycles. The highest BCUT2D eigenvalue weighted by Crippen LogP contribution is 2.37. The number of nitrogens with zero attached hydrogens (tertiary/aromatic N) is 2. The molecule has 2 fully saturated rings. The topological polar surface area (TPSA) is 136 Å². The summed E-state index contributed by atoms with van der Waals surface area (Å²) in [4.78, 5) is 59.2. The molecule has 0 radical (unpaired) electrons. The van der Waals surface area contributed by atoms with Crippen LogP contribution in [0.3, 0.4) is 0 Å². The van der Waals surface area contributed by atoms with Gasteiger partial charge in [-0.1, -0.05) is 12.8 Å². The van der Waals surface area contributed by atoms with Crippen LogP contribution in [0, 0.1) is 27.8 Å². The first-order valence-corrected chi connectivity index (χ1v) is 9.02. The van der Waals surface area contributed by atoms with Crippen LogP contribution in [0.15, 0.2) is 18.2 Å². The van der Waals surface area contributed by atoms with Crippen molar-refractivity contribution in [2.45, 2.75) is 25.7 Å². The number of imide groups is 1. The molecule has 1 saturated carbocycles. The minimum Gasteiger partial charge on any atom is -0.454 e. The van der Waals surface area contributed by atoms with Gasteiger partial charge in [0.15, 0.2) is 6.61 Å². The second-order valence-corrected chi connectivity index (χ2v) is 6.89. The second kappa shape index (κ2) is 8.33. The van der Waals surface area contributed by atoms with Gasteiger partial charge in [-0.3, -0.25) is 34.2 Å². The number of halogens is 1. The summed E-state index contributed by atoms with van der Waals surface area (Å²) < 4.78 is 18.4. The lowest BCUT2D eigenvalue weighted by molar-refractivity contribution is -0.384. The van der Waals surface area contributed by atoms with Crippen molar-refractivity contribution in [1.82, 2.24) is 4.90 Å². The van der Waals surface area contributed by atoms with Gasteiger partial charge in [-0.05, 0) is 18.9 Å². The number of nitro benzene ring substituents is 1. The first-order chi connectivity index (χ1) is 13.8. The molecule has 1 aromatic rings. The SMILES string of the molecule is O=C(COC(=O)CN1C(=O)[C@H]2CCCC[C@@H]2C1=O)Nc1cc([N+](=O)[O-])ccc1F. The lowest BCUT2D eigenvalue weighted by Crippen LogP contribution is -2.37. The van der Waals surface area contributed by atoms with Gasteiger partial charge in [0.1, 0.15) is 12.4 Å². The summed E-state index contributed by atoms with van der Waals surface area (Å²) in [5.74, 6) is -4.38. The van der Waals surface area contributed by atoms with Crippen LogP contribution in [0.1, 0.15) is 25.7 Å². The largest absolute Gasteiger partial charge is 0.454 e. The van der Waals surface area contributed by atoms with Gasteiger partial charge in [-0.2, -0.15) is 0 Å². The zero-order chi connectivity index (χ0) is 21.1. The molecule has 0 bridgehead atoms. The first-order valence-electron chi connectivity index (χ1n) is 9.02. The highest BCUT2D eigenvalue weighted by Gasteiger charge is 2.48. The van der Waals surface area contributed by atoms with Crippen molar-refractivity contribution in [3.05, 3.63) is 34.1 Å². The average Bonchev–Trinajstić information content (AvgIpc) is 2.93. The molecule has 2 aliphatic rings. The highest BCUT2D eigenvalue weighted by atomic mass is 19.1. The van der Waals surface area contributed by atoms with Gasteiger partial charge in [-0.25, -0.2) is 4.39 Å². The fourth-order valence-electron chi connectivity index (χ4n) is 3.62. The van der Waals surface area contributed by atoms with Crippen LogP contribution in [-0.2, 0) is 23.9 Å². The second-order valence-electron chi connectivity index (χ2n) is 6.89. The van der Waals surface area contributed by atoms with Gasteiger partial charge in [0.25, 0.3) is 11.6 Å². The number of nitro groups is 1. The van der Waals surface area contributed by atoms with Crippen LogP contribution in [0.2, 0.25) is 0 Å². The van der Waals surface area contributed by atoms with E-state index < -0.39 is 70.8 Å². The first kappa shape index (κ1) is 20.4. The van der Waals surface area contributed by atoms with Crippen molar-refractivity contribution in [2.24, 2.45) is 11.8 Å². The normalized spacial score (nSPS) is 20.9. The molecule has 1 N–H and O–H groups in total. The van der Waals surface area contributed by atoms with E-state index in [9.17, 15) is 33.7 Å². The number of rotatable bonds is 6. The molecular weight excluding hydrogens is 389 g/mol. The molecule has 2 atom stereocenters. The number of nitrogens with one attached hydrogen (secondary N) is 1. The summed E-state index contributed by atoms with van der Waals surface area (Å²) >= 11 is 0. The fraction of sp³-hybridized carbons (Fsp3) is 0.444. The van der Waals surface area contributed by atoms with Gasteiger partial charge in [-0.15, -0.1) is 0 Å². The van der Waals surface area contributed by atoms with Gasteiger partial charge in [0.05, 0.1) is 22.4 Å². The number of carbonyl (C=O) groups is 4. The van der Waals surface area contributed by atoms with Crippen molar-refractivity contribution < 1.29 is 33.2 Å². The van der Waals surface area contributed by atoms with Crippen molar-refractivity contribution >= 4 is 35.1 Å². The van der Waals surface area contributed by atoms with E-state index in [4.69, 9.17) is 4.74 Å². The molecule has 154 valence electrons. The highest BCUT2D eigenvalue weighted by molar-refractivity contribution is 6.07. The number of hydrogen-bond donors (Lipinski definition) is 1. The van der Waals surface area contributed by atoms with E-state index in [1.54, 1.807) is 0 Å². The fourth-order valence-corrected chi connectivity index (χ4v) is 3.62. The van der Waals surface area contributed by atoms with E-state index in [-0.39, 0.29) is 0 Å². The molecule has 3 rings (SSSR count). The molecule has 3 amide bonds. The molecule has 0 unspecified atom stereocenters. The van der Waals surface area contributed by atoms with Gasteiger partial charge in [0, 0.05) is 12.1 Å². The Morgan fingerprint density at radius 3 is 2.41 bits per heavy atom. The number of non-ortho nitro benzene ring substituents is 1. The molecule has 1 aliphatic carbocycles. The molecule has 1 saturated heterocycles. The van der Waals surface area contributed by atoms with Crippen LogP contribution >= 0.6 is 0 Å². The number of esters is 1. The molecular formula is C18H18FN3O7. The van der Waals surface area contributed by atoms with E-state index in [1.807, 2.05) is 0 Å². The molecule has 11 heteroatoms. The van der Waals surface area contributed by atoms with E-state index in [0.29, 0.717) is 12.8 Å². The number of likely N-dealkylation sites (tertiary alicyclic amines) is 1. The predicted octanol–water partition coefficient (Wildman–Crippen LogP) is 1.39. The maximum atomic E-state index is 13.7. The van der Waals surface area contributed by atoms with Crippen LogP contribution in [0.4, 0.5) is 15.8 Å². The van der Waals surface area contributed by atoms with Crippen LogP contribution in [-0.4, -0.2) is 46.7 Å². The predicted molar refractivity (Wildman–Crippen MR) is 94.8 cm³/mol. The smallest absolute Gasteiger partial charge is 0.326 e. The summed E-state index contributed by atoms with van der Waals surface area (Å²) in [6.07, 6.45) is 2.93. The third kappa shape index (κ3) is 4.39. The molecule has 29 heavy (non-hydrogen) atoms. The third-order valence-electron chi connectivity index (χ3n) is 5.02. The number of carbonyl (C=O) groups excluding carboxylic acids is 4. The molecule has 0 aromatic heterocycles. The zero-order valence-corrected chi connectivity index (χ0v) is 15.3. The van der Waals surface area contributed by atoms with Gasteiger partial charge < -0.3 is 10.1 Å². The number of amides is 3. The van der Waals surface area contributed by atoms with Crippen LogP contribution in [0.25, 0.3) is 0 Å². The lowest BCUT2D eigenvalue weighted by atomic mass is 9.81. The Labute approximate surface area is 164 Å². The van der Waals surface area contributed by atoms with Crippen LogP contribution in [0.5, 0.6) is 0 Å². The number of fused-ring (bicyclic) bond motifs is 1. The zero-order valence-electron chi connectivity index (χ0n) is 15.3. The standard InChI is InChI=1S/C18H18FN3O7/c19-13-6-5-10(22(27)28)7-14(13)20-15(23)9-29-16(24)8-21-17(25)11-3-1-2-4-12(11)18(21)26/h5-7,11-12H,1-4,8-9H2,(H,20,23)/t11-,12-/m0/s1.